The maximum atomic E-state index is 11.1. The number of hydrogen-bond donors (Lipinski definition) is 1. The van der Waals surface area contributed by atoms with Crippen LogP contribution in [0.25, 0.3) is 6.08 Å². The van der Waals surface area contributed by atoms with E-state index in [0.29, 0.717) is 12.3 Å². The van der Waals surface area contributed by atoms with E-state index in [-0.39, 0.29) is 0 Å². The van der Waals surface area contributed by atoms with Crippen LogP contribution in [0.5, 0.6) is 0 Å². The minimum atomic E-state index is -3.27. The summed E-state index contributed by atoms with van der Waals surface area (Å²) in [5.41, 5.74) is 1.26. The van der Waals surface area contributed by atoms with Gasteiger partial charge in [-0.2, -0.15) is 0 Å². The molecule has 1 aromatic rings. The van der Waals surface area contributed by atoms with Crippen molar-refractivity contribution in [2.75, 3.05) is 17.6 Å². The zero-order chi connectivity index (χ0) is 13.6. The molecule has 0 aliphatic rings. The predicted molar refractivity (Wildman–Crippen MR) is 70.6 cm³/mol. The van der Waals surface area contributed by atoms with Gasteiger partial charge in [-0.15, -0.1) is 0 Å². The largest absolute Gasteiger partial charge is 0.463 e. The van der Waals surface area contributed by atoms with Crippen LogP contribution in [0.1, 0.15) is 12.5 Å². The van der Waals surface area contributed by atoms with Crippen LogP contribution in [0.4, 0.5) is 5.69 Å². The second kappa shape index (κ2) is 6.20. The van der Waals surface area contributed by atoms with Gasteiger partial charge >= 0.3 is 5.97 Å². The lowest BCUT2D eigenvalue weighted by Gasteiger charge is -2.03. The van der Waals surface area contributed by atoms with Gasteiger partial charge in [0.1, 0.15) is 0 Å². The minimum absolute atomic E-state index is 0.334. The number of benzene rings is 1. The fourth-order valence-corrected chi connectivity index (χ4v) is 1.80. The molecule has 0 aliphatic carbocycles. The summed E-state index contributed by atoms with van der Waals surface area (Å²) >= 11 is 0. The Morgan fingerprint density at radius 2 is 1.94 bits per heavy atom. The summed E-state index contributed by atoms with van der Waals surface area (Å²) in [6, 6.07) is 6.63. The Labute approximate surface area is 107 Å². The van der Waals surface area contributed by atoms with Crippen LogP contribution < -0.4 is 4.72 Å². The van der Waals surface area contributed by atoms with Crippen LogP contribution in [-0.2, 0) is 19.6 Å². The second-order valence-corrected chi connectivity index (χ2v) is 5.33. The molecule has 0 unspecified atom stereocenters. The molecule has 1 aromatic carbocycles. The first-order valence-corrected chi connectivity index (χ1v) is 7.22. The van der Waals surface area contributed by atoms with Gasteiger partial charge in [-0.3, -0.25) is 4.72 Å². The third-order valence-corrected chi connectivity index (χ3v) is 2.52. The Bertz CT molecular complexity index is 532. The number of esters is 1. The molecule has 0 aromatic heterocycles. The van der Waals surface area contributed by atoms with Gasteiger partial charge < -0.3 is 4.74 Å². The van der Waals surface area contributed by atoms with Crippen LogP contribution in [0, 0.1) is 0 Å². The Kier molecular flexibility index (Phi) is 4.91. The Morgan fingerprint density at radius 1 is 1.33 bits per heavy atom. The van der Waals surface area contributed by atoms with Crippen molar-refractivity contribution in [3.05, 3.63) is 35.9 Å². The highest BCUT2D eigenvalue weighted by Crippen LogP contribution is 2.11. The van der Waals surface area contributed by atoms with Gasteiger partial charge in [-0.05, 0) is 30.7 Å². The molecule has 0 fully saturated rings. The molecule has 98 valence electrons. The van der Waals surface area contributed by atoms with Crippen LogP contribution in [0.15, 0.2) is 30.3 Å². The van der Waals surface area contributed by atoms with Crippen molar-refractivity contribution in [3.63, 3.8) is 0 Å². The van der Waals surface area contributed by atoms with E-state index in [4.69, 9.17) is 4.74 Å². The van der Waals surface area contributed by atoms with E-state index in [1.54, 1.807) is 37.3 Å². The summed E-state index contributed by atoms with van der Waals surface area (Å²) < 4.78 is 29.1. The fraction of sp³-hybridized carbons (Fsp3) is 0.250. The van der Waals surface area contributed by atoms with Crippen molar-refractivity contribution in [1.29, 1.82) is 0 Å². The molecule has 0 saturated heterocycles. The number of ether oxygens (including phenoxy) is 1. The van der Waals surface area contributed by atoms with Gasteiger partial charge in [0.05, 0.1) is 12.9 Å². The third kappa shape index (κ3) is 5.49. The van der Waals surface area contributed by atoms with Gasteiger partial charge in [0, 0.05) is 11.8 Å². The Hall–Kier alpha value is -1.82. The molecule has 1 rings (SSSR count). The van der Waals surface area contributed by atoms with Gasteiger partial charge in [-0.25, -0.2) is 13.2 Å². The molecule has 6 heteroatoms. The van der Waals surface area contributed by atoms with E-state index in [1.165, 1.54) is 6.08 Å². The number of anilines is 1. The standard InChI is InChI=1S/C12H15NO4S/c1-3-17-12(14)9-6-10-4-7-11(8-5-10)13-18(2,15)16/h4-9,13H,3H2,1-2H3. The summed E-state index contributed by atoms with van der Waals surface area (Å²) in [7, 11) is -3.27. The molecule has 0 radical (unpaired) electrons. The number of carbonyl (C=O) groups is 1. The van der Waals surface area contributed by atoms with Crippen molar-refractivity contribution in [2.45, 2.75) is 6.92 Å². The average Bonchev–Trinajstić information content (AvgIpc) is 2.26. The normalized spacial score (nSPS) is 11.4. The molecule has 0 spiro atoms. The zero-order valence-corrected chi connectivity index (χ0v) is 11.0. The SMILES string of the molecule is CCOC(=O)C=Cc1ccc(NS(C)(=O)=O)cc1. The molecule has 5 nitrogen and oxygen atoms in total. The number of nitrogens with one attached hydrogen (secondary N) is 1. The Balaban J connectivity index is 2.69. The third-order valence-electron chi connectivity index (χ3n) is 1.91. The van der Waals surface area contributed by atoms with Crippen molar-refractivity contribution in [3.8, 4) is 0 Å². The highest BCUT2D eigenvalue weighted by molar-refractivity contribution is 7.92. The van der Waals surface area contributed by atoms with Crippen LogP contribution in [-0.4, -0.2) is 27.2 Å². The summed E-state index contributed by atoms with van der Waals surface area (Å²) in [4.78, 5) is 11.1. The maximum Gasteiger partial charge on any atom is 0.330 e. The first kappa shape index (κ1) is 14.2. The summed E-state index contributed by atoms with van der Waals surface area (Å²) in [6.07, 6.45) is 4.01. The molecular formula is C12H15NO4S. The first-order chi connectivity index (χ1) is 8.40. The number of carbonyl (C=O) groups excluding carboxylic acids is 1. The monoisotopic (exact) mass is 269 g/mol. The van der Waals surface area contributed by atoms with Gasteiger partial charge in [0.15, 0.2) is 0 Å². The molecule has 0 saturated carbocycles. The van der Waals surface area contributed by atoms with Crippen molar-refractivity contribution >= 4 is 27.8 Å². The number of hydrogen-bond acceptors (Lipinski definition) is 4. The number of sulfonamides is 1. The minimum Gasteiger partial charge on any atom is -0.463 e. The maximum absolute atomic E-state index is 11.1. The van der Waals surface area contributed by atoms with E-state index in [0.717, 1.165) is 11.8 Å². The topological polar surface area (TPSA) is 72.5 Å². The second-order valence-electron chi connectivity index (χ2n) is 3.58. The molecule has 0 heterocycles. The van der Waals surface area contributed by atoms with E-state index in [9.17, 15) is 13.2 Å². The Morgan fingerprint density at radius 3 is 2.44 bits per heavy atom. The fourth-order valence-electron chi connectivity index (χ4n) is 1.23. The number of rotatable bonds is 5. The molecule has 18 heavy (non-hydrogen) atoms. The summed E-state index contributed by atoms with van der Waals surface area (Å²) in [5, 5.41) is 0. The zero-order valence-electron chi connectivity index (χ0n) is 10.2. The average molecular weight is 269 g/mol. The summed E-state index contributed by atoms with van der Waals surface area (Å²) in [5.74, 6) is -0.407. The lowest BCUT2D eigenvalue weighted by atomic mass is 10.2. The van der Waals surface area contributed by atoms with Gasteiger partial charge in [-0.1, -0.05) is 12.1 Å². The van der Waals surface area contributed by atoms with Gasteiger partial charge in [0.2, 0.25) is 10.0 Å². The van der Waals surface area contributed by atoms with Crippen LogP contribution >= 0.6 is 0 Å². The lowest BCUT2D eigenvalue weighted by Crippen LogP contribution is -2.09. The van der Waals surface area contributed by atoms with Crippen molar-refractivity contribution in [2.24, 2.45) is 0 Å². The molecule has 0 amide bonds. The van der Waals surface area contributed by atoms with Crippen molar-refractivity contribution in [1.82, 2.24) is 0 Å². The first-order valence-electron chi connectivity index (χ1n) is 5.33. The van der Waals surface area contributed by atoms with Gasteiger partial charge in [0.25, 0.3) is 0 Å². The quantitative estimate of drug-likeness (QED) is 0.651. The molecule has 0 aliphatic heterocycles. The van der Waals surface area contributed by atoms with Crippen LogP contribution in [0.2, 0.25) is 0 Å². The molecule has 1 N–H and O–H groups in total. The van der Waals surface area contributed by atoms with E-state index in [1.807, 2.05) is 0 Å². The van der Waals surface area contributed by atoms with Crippen LogP contribution in [0.3, 0.4) is 0 Å². The highest BCUT2D eigenvalue weighted by Gasteiger charge is 2.00. The molecule has 0 bridgehead atoms. The summed E-state index contributed by atoms with van der Waals surface area (Å²) in [6.45, 7) is 2.07. The predicted octanol–water partition coefficient (Wildman–Crippen LogP) is 1.63. The van der Waals surface area contributed by atoms with E-state index >= 15 is 0 Å². The molecule has 0 atom stereocenters. The highest BCUT2D eigenvalue weighted by atomic mass is 32.2. The molecular weight excluding hydrogens is 254 g/mol. The van der Waals surface area contributed by atoms with E-state index < -0.39 is 16.0 Å². The van der Waals surface area contributed by atoms with E-state index in [2.05, 4.69) is 4.72 Å². The van der Waals surface area contributed by atoms with Crippen molar-refractivity contribution < 1.29 is 17.9 Å². The lowest BCUT2D eigenvalue weighted by molar-refractivity contribution is -0.137. The smallest absolute Gasteiger partial charge is 0.330 e.